The zero-order chi connectivity index (χ0) is 16.6. The molecular weight excluding hydrogens is 300 g/mol. The summed E-state index contributed by atoms with van der Waals surface area (Å²) in [6, 6.07) is 7.87. The van der Waals surface area contributed by atoms with E-state index >= 15 is 0 Å². The molecule has 0 amide bonds. The van der Waals surface area contributed by atoms with Gasteiger partial charge in [0.1, 0.15) is 0 Å². The van der Waals surface area contributed by atoms with E-state index in [2.05, 4.69) is 38.0 Å². The number of nitrogens with one attached hydrogen (secondary N) is 3. The minimum absolute atomic E-state index is 0.407. The van der Waals surface area contributed by atoms with Crippen molar-refractivity contribution in [3.63, 3.8) is 0 Å². The zero-order valence-electron chi connectivity index (χ0n) is 13.1. The van der Waals surface area contributed by atoms with Gasteiger partial charge in [-0.1, -0.05) is 36.4 Å². The molecule has 2 aromatic rings. The van der Waals surface area contributed by atoms with E-state index in [0.29, 0.717) is 11.9 Å². The summed E-state index contributed by atoms with van der Waals surface area (Å²) < 4.78 is 0. The van der Waals surface area contributed by atoms with E-state index in [0.717, 1.165) is 29.8 Å². The zero-order valence-corrected chi connectivity index (χ0v) is 13.1. The number of hydrogen-bond donors (Lipinski definition) is 3. The van der Waals surface area contributed by atoms with Crippen LogP contribution in [0.15, 0.2) is 66.0 Å². The van der Waals surface area contributed by atoms with Crippen molar-refractivity contribution in [2.24, 2.45) is 10.9 Å². The molecule has 0 radical (unpaired) electrons. The average molecular weight is 318 g/mol. The highest BCUT2D eigenvalue weighted by Crippen LogP contribution is 2.20. The lowest BCUT2D eigenvalue weighted by molar-refractivity contribution is 0.631. The quantitative estimate of drug-likeness (QED) is 0.459. The Hall–Kier alpha value is -3.33. The molecule has 0 fully saturated rings. The topological polar surface area (TPSA) is 88.9 Å². The van der Waals surface area contributed by atoms with Gasteiger partial charge in [-0.05, 0) is 30.0 Å². The third-order valence-electron chi connectivity index (χ3n) is 3.74. The van der Waals surface area contributed by atoms with Crippen molar-refractivity contribution in [3.8, 4) is 17.3 Å². The number of benzene rings is 1. The third-order valence-corrected chi connectivity index (χ3v) is 3.74. The fourth-order valence-electron chi connectivity index (χ4n) is 2.46. The second-order valence-electron chi connectivity index (χ2n) is 5.44. The van der Waals surface area contributed by atoms with Gasteiger partial charge in [-0.25, -0.2) is 0 Å². The van der Waals surface area contributed by atoms with E-state index in [1.807, 2.05) is 48.8 Å². The first-order chi connectivity index (χ1) is 11.8. The Bertz CT molecular complexity index is 778. The summed E-state index contributed by atoms with van der Waals surface area (Å²) in [5.74, 6) is 0.862. The highest BCUT2D eigenvalue weighted by Gasteiger charge is 2.07. The molecule has 24 heavy (non-hydrogen) atoms. The molecule has 1 atom stereocenters. The van der Waals surface area contributed by atoms with Gasteiger partial charge in [0.15, 0.2) is 0 Å². The van der Waals surface area contributed by atoms with Gasteiger partial charge >= 0.3 is 0 Å². The van der Waals surface area contributed by atoms with E-state index in [-0.39, 0.29) is 0 Å². The molecule has 6 heteroatoms. The normalized spacial score (nSPS) is 16.6. The first-order valence-electron chi connectivity index (χ1n) is 7.75. The molecule has 0 aliphatic heterocycles. The van der Waals surface area contributed by atoms with Crippen LogP contribution in [0.25, 0.3) is 11.1 Å². The maximum atomic E-state index is 8.87. The van der Waals surface area contributed by atoms with Crippen LogP contribution in [-0.4, -0.2) is 22.7 Å². The lowest BCUT2D eigenvalue weighted by atomic mass is 10.0. The van der Waals surface area contributed by atoms with Crippen LogP contribution >= 0.6 is 0 Å². The van der Waals surface area contributed by atoms with Gasteiger partial charge in [-0.2, -0.15) is 10.4 Å². The number of rotatable bonds is 4. The number of aromatic nitrogens is 2. The van der Waals surface area contributed by atoms with Crippen molar-refractivity contribution < 1.29 is 0 Å². The summed E-state index contributed by atoms with van der Waals surface area (Å²) in [6.45, 7) is 0.724. The first kappa shape index (κ1) is 15.6. The highest BCUT2D eigenvalue weighted by atomic mass is 15.2. The number of guanidine groups is 1. The van der Waals surface area contributed by atoms with Crippen LogP contribution in [0.2, 0.25) is 0 Å². The van der Waals surface area contributed by atoms with Crippen molar-refractivity contribution in [1.82, 2.24) is 15.5 Å². The minimum atomic E-state index is 0.407. The van der Waals surface area contributed by atoms with Crippen molar-refractivity contribution in [2.45, 2.75) is 6.42 Å². The van der Waals surface area contributed by atoms with E-state index in [9.17, 15) is 0 Å². The van der Waals surface area contributed by atoms with Gasteiger partial charge < -0.3 is 10.6 Å². The summed E-state index contributed by atoms with van der Waals surface area (Å²) in [5.41, 5.74) is 2.96. The number of hydrogen-bond acceptors (Lipinski definition) is 3. The van der Waals surface area contributed by atoms with Crippen molar-refractivity contribution in [3.05, 3.63) is 61.0 Å². The molecule has 1 aliphatic carbocycles. The molecule has 1 heterocycles. The van der Waals surface area contributed by atoms with Gasteiger partial charge in [0.2, 0.25) is 12.2 Å². The van der Waals surface area contributed by atoms with Crippen LogP contribution < -0.4 is 10.6 Å². The van der Waals surface area contributed by atoms with Gasteiger partial charge in [0.05, 0.1) is 6.20 Å². The van der Waals surface area contributed by atoms with Crippen LogP contribution in [0, 0.1) is 17.4 Å². The first-order valence-corrected chi connectivity index (χ1v) is 7.75. The second-order valence-corrected chi connectivity index (χ2v) is 5.44. The summed E-state index contributed by atoms with van der Waals surface area (Å²) in [6.07, 6.45) is 14.8. The highest BCUT2D eigenvalue weighted by molar-refractivity contribution is 5.94. The number of aromatic amines is 1. The van der Waals surface area contributed by atoms with Crippen LogP contribution in [0.5, 0.6) is 0 Å². The molecular formula is C18H18N6. The van der Waals surface area contributed by atoms with Crippen molar-refractivity contribution in [1.29, 1.82) is 5.26 Å². The lowest BCUT2D eigenvalue weighted by Gasteiger charge is -2.16. The third kappa shape index (κ3) is 4.11. The van der Waals surface area contributed by atoms with E-state index < -0.39 is 0 Å². The van der Waals surface area contributed by atoms with Crippen LogP contribution in [0.4, 0.5) is 5.69 Å². The summed E-state index contributed by atoms with van der Waals surface area (Å²) in [7, 11) is 0. The molecule has 0 saturated heterocycles. The molecule has 0 spiro atoms. The Balaban J connectivity index is 1.61. The van der Waals surface area contributed by atoms with Gasteiger partial charge in [0, 0.05) is 24.0 Å². The number of nitriles is 1. The van der Waals surface area contributed by atoms with Crippen molar-refractivity contribution >= 4 is 11.6 Å². The van der Waals surface area contributed by atoms with Gasteiger partial charge in [0.25, 0.3) is 0 Å². The molecule has 3 rings (SSSR count). The Labute approximate surface area is 140 Å². The van der Waals surface area contributed by atoms with E-state index in [1.165, 1.54) is 0 Å². The van der Waals surface area contributed by atoms with Gasteiger partial charge in [-0.3, -0.25) is 5.10 Å². The molecule has 120 valence electrons. The summed E-state index contributed by atoms with van der Waals surface area (Å²) in [5, 5.41) is 22.0. The fraction of sp³-hybridized carbons (Fsp3) is 0.167. The monoisotopic (exact) mass is 318 g/mol. The smallest absolute Gasteiger partial charge is 0.211 e. The summed E-state index contributed by atoms with van der Waals surface area (Å²) >= 11 is 0. The van der Waals surface area contributed by atoms with Crippen molar-refractivity contribution in [2.75, 3.05) is 11.9 Å². The predicted octanol–water partition coefficient (Wildman–Crippen LogP) is 3.05. The molecule has 6 nitrogen and oxygen atoms in total. The van der Waals surface area contributed by atoms with E-state index in [1.54, 1.807) is 6.20 Å². The number of anilines is 1. The van der Waals surface area contributed by atoms with Crippen LogP contribution in [-0.2, 0) is 0 Å². The Morgan fingerprint density at radius 3 is 2.83 bits per heavy atom. The number of aliphatic imine (C=N–C) groups is 1. The standard InChI is InChI=1S/C18H18N6/c19-13-21-18(20-10-14-4-2-1-3-5-14)24-17-8-6-15(7-9-17)16-11-22-23-12-16/h1-4,6-9,11-12,14H,5,10H2,(H,22,23)(H2,20,21,24). The number of H-pyrrole nitrogens is 1. The van der Waals surface area contributed by atoms with Crippen LogP contribution in [0.1, 0.15) is 6.42 Å². The number of allylic oxidation sites excluding steroid dienone is 3. The van der Waals surface area contributed by atoms with Crippen LogP contribution in [0.3, 0.4) is 0 Å². The molecule has 3 N–H and O–H groups in total. The fourth-order valence-corrected chi connectivity index (χ4v) is 2.46. The molecule has 0 saturated carbocycles. The molecule has 0 bridgehead atoms. The summed E-state index contributed by atoms with van der Waals surface area (Å²) in [4.78, 5) is 3.82. The SMILES string of the molecule is N#C/N=C(/NCC1C=CC=CC1)Nc1ccc(-c2cn[nH]c2)cc1. The molecule has 1 aromatic carbocycles. The molecule has 1 unspecified atom stereocenters. The second kappa shape index (κ2) is 7.79. The van der Waals surface area contributed by atoms with Gasteiger partial charge in [-0.15, -0.1) is 4.99 Å². The Morgan fingerprint density at radius 2 is 2.17 bits per heavy atom. The Morgan fingerprint density at radius 1 is 1.29 bits per heavy atom. The van der Waals surface area contributed by atoms with E-state index in [4.69, 9.17) is 5.26 Å². The average Bonchev–Trinajstić information content (AvgIpc) is 3.16. The largest absolute Gasteiger partial charge is 0.355 e. The maximum absolute atomic E-state index is 8.87. The number of nitrogens with zero attached hydrogens (tertiary/aromatic N) is 3. The predicted molar refractivity (Wildman–Crippen MR) is 95.1 cm³/mol. The molecule has 1 aromatic heterocycles. The minimum Gasteiger partial charge on any atom is -0.355 e. The molecule has 1 aliphatic rings. The lowest BCUT2D eigenvalue weighted by Crippen LogP contribution is -2.34. The Kier molecular flexibility index (Phi) is 5.05. The maximum Gasteiger partial charge on any atom is 0.211 e.